The smallest absolute Gasteiger partial charge is 0.252 e. The van der Waals surface area contributed by atoms with E-state index in [0.717, 1.165) is 24.8 Å². The predicted octanol–water partition coefficient (Wildman–Crippen LogP) is 3.56. The molecule has 0 spiro atoms. The molecule has 2 atom stereocenters. The van der Waals surface area contributed by atoms with Crippen molar-refractivity contribution < 1.29 is 4.79 Å². The van der Waals surface area contributed by atoms with E-state index in [4.69, 9.17) is 0 Å². The van der Waals surface area contributed by atoms with Gasteiger partial charge in [-0.2, -0.15) is 0 Å². The standard InChI is InChI=1S/C20H30N2O/c1-3-15-9-7-10-16(4-2)19(15)20(23)21-17-11-8-12-18(17)22-13-5-6-14-22/h7,9-10,17-18H,3-6,8,11-14H2,1-2H3,(H,21,23)/t17-,18+/m0/s1. The highest BCUT2D eigenvalue weighted by Gasteiger charge is 2.34. The van der Waals surface area contributed by atoms with Crippen LogP contribution in [0.5, 0.6) is 0 Å². The van der Waals surface area contributed by atoms with Crippen molar-refractivity contribution in [1.29, 1.82) is 0 Å². The fourth-order valence-corrected chi connectivity index (χ4v) is 4.39. The molecule has 1 aromatic carbocycles. The molecule has 1 aliphatic carbocycles. The first kappa shape index (κ1) is 16.5. The Kier molecular flexibility index (Phi) is 5.37. The number of benzene rings is 1. The Morgan fingerprint density at radius 1 is 1.09 bits per heavy atom. The number of aryl methyl sites for hydroxylation is 2. The Labute approximate surface area is 140 Å². The quantitative estimate of drug-likeness (QED) is 0.901. The molecular formula is C20H30N2O. The van der Waals surface area contributed by atoms with Gasteiger partial charge >= 0.3 is 0 Å². The number of likely N-dealkylation sites (tertiary alicyclic amines) is 1. The van der Waals surface area contributed by atoms with Gasteiger partial charge in [0.25, 0.3) is 5.91 Å². The lowest BCUT2D eigenvalue weighted by molar-refractivity contribution is 0.0910. The third-order valence-corrected chi connectivity index (χ3v) is 5.63. The minimum atomic E-state index is 0.149. The molecule has 1 heterocycles. The molecule has 2 aliphatic rings. The van der Waals surface area contributed by atoms with Crippen LogP contribution < -0.4 is 5.32 Å². The van der Waals surface area contributed by atoms with Crippen molar-refractivity contribution >= 4 is 5.91 Å². The van der Waals surface area contributed by atoms with Crippen molar-refractivity contribution in [2.45, 2.75) is 70.9 Å². The first-order chi connectivity index (χ1) is 11.2. The average Bonchev–Trinajstić information content (AvgIpc) is 3.24. The Hall–Kier alpha value is -1.35. The van der Waals surface area contributed by atoms with Crippen LogP contribution in [0.2, 0.25) is 0 Å². The molecule has 23 heavy (non-hydrogen) atoms. The van der Waals surface area contributed by atoms with E-state index in [1.54, 1.807) is 0 Å². The van der Waals surface area contributed by atoms with Crippen LogP contribution in [0.4, 0.5) is 0 Å². The molecule has 3 rings (SSSR count). The molecule has 1 saturated heterocycles. The van der Waals surface area contributed by atoms with Crippen LogP contribution in [-0.2, 0) is 12.8 Å². The average molecular weight is 314 g/mol. The first-order valence-electron chi connectivity index (χ1n) is 9.40. The number of hydrogen-bond donors (Lipinski definition) is 1. The van der Waals surface area contributed by atoms with Gasteiger partial charge in [-0.05, 0) is 69.2 Å². The minimum absolute atomic E-state index is 0.149. The number of carbonyl (C=O) groups is 1. The summed E-state index contributed by atoms with van der Waals surface area (Å²) in [6.07, 6.45) is 8.06. The Morgan fingerprint density at radius 3 is 2.35 bits per heavy atom. The van der Waals surface area contributed by atoms with Gasteiger partial charge in [-0.15, -0.1) is 0 Å². The third-order valence-electron chi connectivity index (χ3n) is 5.63. The van der Waals surface area contributed by atoms with Crippen LogP contribution >= 0.6 is 0 Å². The molecule has 2 fully saturated rings. The van der Waals surface area contributed by atoms with Gasteiger partial charge in [-0.1, -0.05) is 32.0 Å². The summed E-state index contributed by atoms with van der Waals surface area (Å²) >= 11 is 0. The van der Waals surface area contributed by atoms with Crippen LogP contribution in [0.15, 0.2) is 18.2 Å². The normalized spacial score (nSPS) is 25.0. The Balaban J connectivity index is 1.76. The zero-order valence-electron chi connectivity index (χ0n) is 14.6. The highest BCUT2D eigenvalue weighted by molar-refractivity contribution is 5.97. The van der Waals surface area contributed by atoms with Crippen LogP contribution in [0.25, 0.3) is 0 Å². The van der Waals surface area contributed by atoms with Crippen molar-refractivity contribution in [3.63, 3.8) is 0 Å². The van der Waals surface area contributed by atoms with Gasteiger partial charge in [0.05, 0.1) is 0 Å². The second-order valence-electron chi connectivity index (χ2n) is 6.98. The van der Waals surface area contributed by atoms with E-state index in [2.05, 4.69) is 42.3 Å². The maximum atomic E-state index is 13.0. The molecular weight excluding hydrogens is 284 g/mol. The van der Waals surface area contributed by atoms with Crippen molar-refractivity contribution in [2.24, 2.45) is 0 Å². The summed E-state index contributed by atoms with van der Waals surface area (Å²) in [6, 6.07) is 7.16. The van der Waals surface area contributed by atoms with E-state index in [1.807, 2.05) is 0 Å². The number of hydrogen-bond acceptors (Lipinski definition) is 2. The fraction of sp³-hybridized carbons (Fsp3) is 0.650. The van der Waals surface area contributed by atoms with E-state index >= 15 is 0 Å². The first-order valence-corrected chi connectivity index (χ1v) is 9.40. The summed E-state index contributed by atoms with van der Waals surface area (Å²) < 4.78 is 0. The van der Waals surface area contributed by atoms with Crippen LogP contribution in [0.3, 0.4) is 0 Å². The minimum Gasteiger partial charge on any atom is -0.348 e. The lowest BCUT2D eigenvalue weighted by atomic mass is 9.96. The lowest BCUT2D eigenvalue weighted by Crippen LogP contribution is -2.48. The Morgan fingerprint density at radius 2 is 1.74 bits per heavy atom. The molecule has 1 aliphatic heterocycles. The van der Waals surface area contributed by atoms with Crippen molar-refractivity contribution in [3.8, 4) is 0 Å². The number of nitrogens with one attached hydrogen (secondary N) is 1. The van der Waals surface area contributed by atoms with E-state index in [-0.39, 0.29) is 5.91 Å². The number of rotatable bonds is 5. The van der Waals surface area contributed by atoms with Crippen molar-refractivity contribution in [1.82, 2.24) is 10.2 Å². The van der Waals surface area contributed by atoms with Gasteiger partial charge in [0.15, 0.2) is 0 Å². The third kappa shape index (κ3) is 3.45. The highest BCUT2D eigenvalue weighted by atomic mass is 16.1. The van der Waals surface area contributed by atoms with Gasteiger partial charge in [0.1, 0.15) is 0 Å². The fourth-order valence-electron chi connectivity index (χ4n) is 4.39. The van der Waals surface area contributed by atoms with Gasteiger partial charge in [-0.3, -0.25) is 9.69 Å². The maximum absolute atomic E-state index is 13.0. The molecule has 3 heteroatoms. The molecule has 0 radical (unpaired) electrons. The predicted molar refractivity (Wildman–Crippen MR) is 94.9 cm³/mol. The van der Waals surface area contributed by atoms with E-state index in [1.165, 1.54) is 49.9 Å². The SMILES string of the molecule is CCc1cccc(CC)c1C(=O)N[C@H]1CCC[C@H]1N1CCCC1. The summed E-state index contributed by atoms with van der Waals surface area (Å²) in [5.41, 5.74) is 3.29. The summed E-state index contributed by atoms with van der Waals surface area (Å²) in [6.45, 7) is 6.69. The van der Waals surface area contributed by atoms with Gasteiger partial charge < -0.3 is 5.32 Å². The zero-order valence-corrected chi connectivity index (χ0v) is 14.6. The monoisotopic (exact) mass is 314 g/mol. The maximum Gasteiger partial charge on any atom is 0.252 e. The molecule has 1 amide bonds. The van der Waals surface area contributed by atoms with Crippen molar-refractivity contribution in [3.05, 3.63) is 34.9 Å². The van der Waals surface area contributed by atoms with Gasteiger partial charge in [0.2, 0.25) is 0 Å². The summed E-state index contributed by atoms with van der Waals surface area (Å²) in [4.78, 5) is 15.6. The number of carbonyl (C=O) groups excluding carboxylic acids is 1. The largest absolute Gasteiger partial charge is 0.348 e. The molecule has 0 aromatic heterocycles. The number of amides is 1. The van der Waals surface area contributed by atoms with Crippen molar-refractivity contribution in [2.75, 3.05) is 13.1 Å². The molecule has 3 nitrogen and oxygen atoms in total. The molecule has 0 bridgehead atoms. The second kappa shape index (κ2) is 7.48. The highest BCUT2D eigenvalue weighted by Crippen LogP contribution is 2.28. The van der Waals surface area contributed by atoms with E-state index in [0.29, 0.717) is 12.1 Å². The zero-order chi connectivity index (χ0) is 16.2. The Bertz CT molecular complexity index is 526. The summed E-state index contributed by atoms with van der Waals surface area (Å²) in [7, 11) is 0. The topological polar surface area (TPSA) is 32.3 Å². The van der Waals surface area contributed by atoms with E-state index in [9.17, 15) is 4.79 Å². The van der Waals surface area contributed by atoms with E-state index < -0.39 is 0 Å². The lowest BCUT2D eigenvalue weighted by Gasteiger charge is -2.30. The number of nitrogens with zero attached hydrogens (tertiary/aromatic N) is 1. The molecule has 126 valence electrons. The van der Waals surface area contributed by atoms with Crippen LogP contribution in [0, 0.1) is 0 Å². The molecule has 1 aromatic rings. The molecule has 1 saturated carbocycles. The summed E-state index contributed by atoms with van der Waals surface area (Å²) in [5, 5.41) is 3.39. The van der Waals surface area contributed by atoms with Gasteiger partial charge in [0, 0.05) is 17.6 Å². The molecule has 1 N–H and O–H groups in total. The summed E-state index contributed by atoms with van der Waals surface area (Å²) in [5.74, 6) is 0.149. The second-order valence-corrected chi connectivity index (χ2v) is 6.98. The molecule has 0 unspecified atom stereocenters. The van der Waals surface area contributed by atoms with Crippen LogP contribution in [0.1, 0.15) is 67.4 Å². The van der Waals surface area contributed by atoms with Gasteiger partial charge in [-0.25, -0.2) is 0 Å². The van der Waals surface area contributed by atoms with Crippen LogP contribution in [-0.4, -0.2) is 36.0 Å².